The summed E-state index contributed by atoms with van der Waals surface area (Å²) in [5.74, 6) is 1.81. The van der Waals surface area contributed by atoms with Gasteiger partial charge in [-0.25, -0.2) is 4.98 Å². The van der Waals surface area contributed by atoms with Crippen LogP contribution in [0.1, 0.15) is 19.2 Å². The van der Waals surface area contributed by atoms with Gasteiger partial charge < -0.3 is 4.57 Å². The van der Waals surface area contributed by atoms with Crippen molar-refractivity contribution in [3.63, 3.8) is 0 Å². The first kappa shape index (κ1) is 12.2. The molecule has 0 amide bonds. The van der Waals surface area contributed by atoms with Crippen LogP contribution in [-0.2, 0) is 13.0 Å². The average molecular weight is 249 g/mol. The molecule has 0 aliphatic carbocycles. The van der Waals surface area contributed by atoms with Crippen LogP contribution >= 0.6 is 11.6 Å². The second kappa shape index (κ2) is 5.87. The van der Waals surface area contributed by atoms with E-state index in [1.54, 1.807) is 0 Å². The van der Waals surface area contributed by atoms with Crippen molar-refractivity contribution in [2.45, 2.75) is 26.3 Å². The molecule has 0 saturated heterocycles. The Kier molecular flexibility index (Phi) is 4.21. The number of halogens is 1. The number of nitrogens with zero attached hydrogens (tertiary/aromatic N) is 2. The molecule has 2 nitrogen and oxygen atoms in total. The second-order valence-electron chi connectivity index (χ2n) is 3.91. The summed E-state index contributed by atoms with van der Waals surface area (Å²) >= 11 is 5.63. The fourth-order valence-electron chi connectivity index (χ4n) is 2.00. The molecule has 0 fully saturated rings. The molecule has 3 heteroatoms. The highest BCUT2D eigenvalue weighted by molar-refractivity contribution is 6.17. The van der Waals surface area contributed by atoms with E-state index < -0.39 is 0 Å². The number of hydrogen-bond donors (Lipinski definition) is 0. The number of rotatable bonds is 5. The van der Waals surface area contributed by atoms with E-state index in [9.17, 15) is 0 Å². The fourth-order valence-corrected chi connectivity index (χ4v) is 2.13. The van der Waals surface area contributed by atoms with Gasteiger partial charge in [-0.3, -0.25) is 0 Å². The van der Waals surface area contributed by atoms with Crippen LogP contribution in [0, 0.1) is 0 Å². The van der Waals surface area contributed by atoms with Gasteiger partial charge in [0.05, 0.1) is 11.0 Å². The smallest absolute Gasteiger partial charge is 0.113 e. The van der Waals surface area contributed by atoms with E-state index in [1.807, 2.05) is 6.07 Å². The normalized spacial score (nSPS) is 11.6. The van der Waals surface area contributed by atoms with Crippen molar-refractivity contribution in [3.05, 3.63) is 42.2 Å². The molecule has 2 rings (SSSR count). The number of imidazole rings is 1. The third-order valence-corrected chi connectivity index (χ3v) is 3.01. The summed E-state index contributed by atoms with van der Waals surface area (Å²) in [6.07, 6.45) is 6.06. The first-order chi connectivity index (χ1) is 8.36. The maximum atomic E-state index is 5.63. The van der Waals surface area contributed by atoms with Gasteiger partial charge in [-0.15, -0.1) is 11.6 Å². The van der Waals surface area contributed by atoms with E-state index in [4.69, 9.17) is 11.6 Å². The molecule has 0 aliphatic heterocycles. The molecule has 2 aromatic rings. The van der Waals surface area contributed by atoms with Crippen LogP contribution in [0.4, 0.5) is 0 Å². The molecule has 0 saturated carbocycles. The van der Waals surface area contributed by atoms with Gasteiger partial charge in [-0.1, -0.05) is 24.3 Å². The first-order valence-corrected chi connectivity index (χ1v) is 6.55. The summed E-state index contributed by atoms with van der Waals surface area (Å²) in [7, 11) is 0. The standard InChI is InChI=1S/C14H17ClN2/c1-2-17-13-9-6-5-8-12(13)16-14(17)10-4-3-7-11-15/h3-6,8-9H,2,7,10-11H2,1H3. The minimum Gasteiger partial charge on any atom is -0.328 e. The van der Waals surface area contributed by atoms with E-state index in [0.717, 1.165) is 30.7 Å². The summed E-state index contributed by atoms with van der Waals surface area (Å²) < 4.78 is 2.26. The zero-order chi connectivity index (χ0) is 12.1. The maximum Gasteiger partial charge on any atom is 0.113 e. The molecular weight excluding hydrogens is 232 g/mol. The maximum absolute atomic E-state index is 5.63. The van der Waals surface area contributed by atoms with Crippen molar-refractivity contribution < 1.29 is 0 Å². The largest absolute Gasteiger partial charge is 0.328 e. The van der Waals surface area contributed by atoms with Gasteiger partial charge >= 0.3 is 0 Å². The van der Waals surface area contributed by atoms with E-state index in [-0.39, 0.29) is 0 Å². The lowest BCUT2D eigenvalue weighted by Crippen LogP contribution is -2.00. The molecule has 0 radical (unpaired) electrons. The lowest BCUT2D eigenvalue weighted by molar-refractivity contribution is 0.737. The molecule has 0 atom stereocenters. The second-order valence-corrected chi connectivity index (χ2v) is 4.29. The van der Waals surface area contributed by atoms with E-state index >= 15 is 0 Å². The molecule has 90 valence electrons. The third-order valence-electron chi connectivity index (χ3n) is 2.79. The highest BCUT2D eigenvalue weighted by Gasteiger charge is 2.06. The lowest BCUT2D eigenvalue weighted by atomic mass is 10.3. The highest BCUT2D eigenvalue weighted by Crippen LogP contribution is 2.16. The molecule has 1 aromatic carbocycles. The van der Waals surface area contributed by atoms with Crippen LogP contribution in [0.2, 0.25) is 0 Å². The van der Waals surface area contributed by atoms with Crippen LogP contribution in [0.3, 0.4) is 0 Å². The Balaban J connectivity index is 2.27. The number of hydrogen-bond acceptors (Lipinski definition) is 1. The molecule has 17 heavy (non-hydrogen) atoms. The van der Waals surface area contributed by atoms with Crippen molar-refractivity contribution in [2.75, 3.05) is 5.88 Å². The third kappa shape index (κ3) is 2.70. The summed E-state index contributed by atoms with van der Waals surface area (Å²) in [6.45, 7) is 3.11. The molecular formula is C14H17ClN2. The Labute approximate surface area is 107 Å². The van der Waals surface area contributed by atoms with Crippen molar-refractivity contribution in [1.29, 1.82) is 0 Å². The quantitative estimate of drug-likeness (QED) is 0.582. The molecule has 0 spiro atoms. The van der Waals surface area contributed by atoms with Gasteiger partial charge in [-0.2, -0.15) is 0 Å². The van der Waals surface area contributed by atoms with E-state index in [1.165, 1.54) is 5.52 Å². The van der Waals surface area contributed by atoms with Crippen molar-refractivity contribution in [2.24, 2.45) is 0 Å². The molecule has 0 N–H and O–H groups in total. The average Bonchev–Trinajstić information content (AvgIpc) is 2.72. The Hall–Kier alpha value is -1.28. The van der Waals surface area contributed by atoms with Crippen LogP contribution in [0.25, 0.3) is 11.0 Å². The van der Waals surface area contributed by atoms with Crippen molar-refractivity contribution in [3.8, 4) is 0 Å². The number of alkyl halides is 1. The Morgan fingerprint density at radius 3 is 2.88 bits per heavy atom. The lowest BCUT2D eigenvalue weighted by Gasteiger charge is -2.03. The molecule has 0 unspecified atom stereocenters. The zero-order valence-electron chi connectivity index (χ0n) is 10.1. The van der Waals surface area contributed by atoms with Crippen LogP contribution in [-0.4, -0.2) is 15.4 Å². The minimum atomic E-state index is 0.681. The first-order valence-electron chi connectivity index (χ1n) is 6.02. The number of para-hydroxylation sites is 2. The van der Waals surface area contributed by atoms with E-state index in [2.05, 4.69) is 46.8 Å². The predicted molar refractivity (Wildman–Crippen MR) is 73.6 cm³/mol. The van der Waals surface area contributed by atoms with Gasteiger partial charge in [0.15, 0.2) is 0 Å². The minimum absolute atomic E-state index is 0.681. The number of benzene rings is 1. The predicted octanol–water partition coefficient (Wildman–Crippen LogP) is 3.78. The van der Waals surface area contributed by atoms with Crippen LogP contribution < -0.4 is 0 Å². The number of fused-ring (bicyclic) bond motifs is 1. The summed E-state index contributed by atoms with van der Waals surface area (Å²) in [5.41, 5.74) is 2.30. The number of allylic oxidation sites excluding steroid dienone is 2. The SMILES string of the molecule is CCn1c(CC=CCCCl)nc2ccccc21. The summed E-state index contributed by atoms with van der Waals surface area (Å²) in [4.78, 5) is 4.66. The number of aromatic nitrogens is 2. The van der Waals surface area contributed by atoms with Gasteiger partial charge in [0.2, 0.25) is 0 Å². The van der Waals surface area contributed by atoms with Crippen LogP contribution in [0.5, 0.6) is 0 Å². The number of aryl methyl sites for hydroxylation is 1. The Bertz CT molecular complexity index is 514. The van der Waals surface area contributed by atoms with E-state index in [0.29, 0.717) is 5.88 Å². The Morgan fingerprint density at radius 2 is 2.12 bits per heavy atom. The molecule has 1 aromatic heterocycles. The van der Waals surface area contributed by atoms with Crippen molar-refractivity contribution >= 4 is 22.6 Å². The fraction of sp³-hybridized carbons (Fsp3) is 0.357. The van der Waals surface area contributed by atoms with Gasteiger partial charge in [0, 0.05) is 18.8 Å². The zero-order valence-corrected chi connectivity index (χ0v) is 10.8. The Morgan fingerprint density at radius 1 is 1.29 bits per heavy atom. The van der Waals surface area contributed by atoms with Crippen molar-refractivity contribution in [1.82, 2.24) is 9.55 Å². The molecule has 1 heterocycles. The molecule has 0 aliphatic rings. The van der Waals surface area contributed by atoms with Crippen LogP contribution in [0.15, 0.2) is 36.4 Å². The summed E-state index contributed by atoms with van der Waals surface area (Å²) in [5, 5.41) is 0. The summed E-state index contributed by atoms with van der Waals surface area (Å²) in [6, 6.07) is 8.27. The monoisotopic (exact) mass is 248 g/mol. The van der Waals surface area contributed by atoms with Gasteiger partial charge in [0.25, 0.3) is 0 Å². The van der Waals surface area contributed by atoms with Gasteiger partial charge in [0.1, 0.15) is 5.82 Å². The highest BCUT2D eigenvalue weighted by atomic mass is 35.5. The van der Waals surface area contributed by atoms with Gasteiger partial charge in [-0.05, 0) is 25.5 Å². The molecule has 0 bridgehead atoms. The topological polar surface area (TPSA) is 17.8 Å².